The average molecular weight is 309 g/mol. The molecule has 1 saturated heterocycles. The van der Waals surface area contributed by atoms with Crippen LogP contribution in [0.5, 0.6) is 0 Å². The van der Waals surface area contributed by atoms with Gasteiger partial charge in [0.05, 0.1) is 6.61 Å². The maximum absolute atomic E-state index is 5.47. The molecule has 2 aliphatic rings. The standard InChI is InChI=1S/C18H35N3O/c1-3-19-18(21(2)14-17-11-13-22-15-17)20-12-7-6-10-16-8-4-5-9-16/h16-17H,3-15H2,1-2H3,(H,19,20). The number of unbranched alkanes of at least 4 members (excludes halogenated alkanes) is 1. The van der Waals surface area contributed by atoms with Crippen LogP contribution in [0.4, 0.5) is 0 Å². The molecule has 128 valence electrons. The van der Waals surface area contributed by atoms with Gasteiger partial charge in [-0.3, -0.25) is 4.99 Å². The highest BCUT2D eigenvalue weighted by Gasteiger charge is 2.19. The molecule has 4 nitrogen and oxygen atoms in total. The number of hydrogen-bond donors (Lipinski definition) is 1. The van der Waals surface area contributed by atoms with Gasteiger partial charge in [0, 0.05) is 39.2 Å². The van der Waals surface area contributed by atoms with Crippen LogP contribution in [0.1, 0.15) is 58.3 Å². The lowest BCUT2D eigenvalue weighted by molar-refractivity contribution is 0.181. The summed E-state index contributed by atoms with van der Waals surface area (Å²) in [6.45, 7) is 6.92. The molecule has 0 aromatic rings. The predicted octanol–water partition coefficient (Wildman–Crippen LogP) is 3.28. The summed E-state index contributed by atoms with van der Waals surface area (Å²) < 4.78 is 5.47. The van der Waals surface area contributed by atoms with Gasteiger partial charge < -0.3 is 15.0 Å². The Morgan fingerprint density at radius 3 is 2.68 bits per heavy atom. The van der Waals surface area contributed by atoms with E-state index in [0.29, 0.717) is 5.92 Å². The molecule has 1 saturated carbocycles. The van der Waals surface area contributed by atoms with Gasteiger partial charge in [-0.05, 0) is 25.7 Å². The summed E-state index contributed by atoms with van der Waals surface area (Å²) in [5.74, 6) is 2.74. The minimum Gasteiger partial charge on any atom is -0.381 e. The highest BCUT2D eigenvalue weighted by atomic mass is 16.5. The molecule has 0 amide bonds. The summed E-state index contributed by atoms with van der Waals surface area (Å²) in [5.41, 5.74) is 0. The van der Waals surface area contributed by atoms with Crippen molar-refractivity contribution < 1.29 is 4.74 Å². The van der Waals surface area contributed by atoms with Gasteiger partial charge in [0.1, 0.15) is 0 Å². The number of rotatable bonds is 8. The van der Waals surface area contributed by atoms with E-state index >= 15 is 0 Å². The number of guanidine groups is 1. The van der Waals surface area contributed by atoms with E-state index in [2.05, 4.69) is 24.2 Å². The van der Waals surface area contributed by atoms with Gasteiger partial charge in [-0.15, -0.1) is 0 Å². The van der Waals surface area contributed by atoms with Crippen LogP contribution in [-0.2, 0) is 4.74 Å². The Morgan fingerprint density at radius 2 is 2.00 bits per heavy atom. The molecule has 0 radical (unpaired) electrons. The molecule has 1 aliphatic heterocycles. The number of nitrogens with zero attached hydrogens (tertiary/aromatic N) is 2. The molecule has 0 aromatic heterocycles. The Hall–Kier alpha value is -0.770. The first-order valence-electron chi connectivity index (χ1n) is 9.36. The normalized spacial score (nSPS) is 23.2. The van der Waals surface area contributed by atoms with Crippen LogP contribution in [0.2, 0.25) is 0 Å². The van der Waals surface area contributed by atoms with E-state index in [1.54, 1.807) is 0 Å². The SMILES string of the molecule is CCNC(=NCCCCC1CCCC1)N(C)CC1CCOC1. The summed E-state index contributed by atoms with van der Waals surface area (Å²) in [4.78, 5) is 7.09. The molecule has 2 rings (SSSR count). The highest BCUT2D eigenvalue weighted by molar-refractivity contribution is 5.79. The average Bonchev–Trinajstić information content (AvgIpc) is 3.19. The minimum absolute atomic E-state index is 0.663. The highest BCUT2D eigenvalue weighted by Crippen LogP contribution is 2.28. The van der Waals surface area contributed by atoms with Crippen molar-refractivity contribution in [1.82, 2.24) is 10.2 Å². The van der Waals surface area contributed by atoms with E-state index in [1.807, 2.05) is 0 Å². The van der Waals surface area contributed by atoms with Crippen LogP contribution in [0, 0.1) is 11.8 Å². The van der Waals surface area contributed by atoms with Gasteiger partial charge in [0.25, 0.3) is 0 Å². The van der Waals surface area contributed by atoms with E-state index in [4.69, 9.17) is 9.73 Å². The van der Waals surface area contributed by atoms with Crippen molar-refractivity contribution in [3.63, 3.8) is 0 Å². The minimum atomic E-state index is 0.663. The van der Waals surface area contributed by atoms with Gasteiger partial charge >= 0.3 is 0 Å². The molecular formula is C18H35N3O. The monoisotopic (exact) mass is 309 g/mol. The van der Waals surface area contributed by atoms with Gasteiger partial charge in [0.15, 0.2) is 5.96 Å². The third-order valence-electron chi connectivity index (χ3n) is 5.01. The molecule has 1 N–H and O–H groups in total. The van der Waals surface area contributed by atoms with E-state index in [0.717, 1.165) is 44.7 Å². The van der Waals surface area contributed by atoms with Crippen LogP contribution < -0.4 is 5.32 Å². The summed E-state index contributed by atoms with van der Waals surface area (Å²) in [5, 5.41) is 3.42. The zero-order valence-electron chi connectivity index (χ0n) is 14.6. The topological polar surface area (TPSA) is 36.9 Å². The first kappa shape index (κ1) is 17.6. The fraction of sp³-hybridized carbons (Fsp3) is 0.944. The molecule has 0 aromatic carbocycles. The van der Waals surface area contributed by atoms with E-state index in [1.165, 1.54) is 51.4 Å². The smallest absolute Gasteiger partial charge is 0.193 e. The molecule has 22 heavy (non-hydrogen) atoms. The van der Waals surface area contributed by atoms with Crippen LogP contribution in [0.25, 0.3) is 0 Å². The molecule has 1 heterocycles. The van der Waals surface area contributed by atoms with E-state index in [9.17, 15) is 0 Å². The molecule has 1 aliphatic carbocycles. The van der Waals surface area contributed by atoms with Gasteiger partial charge in [-0.2, -0.15) is 0 Å². The Balaban J connectivity index is 1.66. The number of aliphatic imine (C=N–C) groups is 1. The van der Waals surface area contributed by atoms with Gasteiger partial charge in [-0.1, -0.05) is 38.5 Å². The molecule has 4 heteroatoms. The summed E-state index contributed by atoms with van der Waals surface area (Å²) in [7, 11) is 2.15. The van der Waals surface area contributed by atoms with Crippen LogP contribution in [-0.4, -0.2) is 50.8 Å². The van der Waals surface area contributed by atoms with Crippen molar-refractivity contribution in [2.24, 2.45) is 16.8 Å². The van der Waals surface area contributed by atoms with Crippen LogP contribution in [0.3, 0.4) is 0 Å². The molecule has 2 fully saturated rings. The fourth-order valence-electron chi connectivity index (χ4n) is 3.70. The lowest BCUT2D eigenvalue weighted by atomic mass is 10.0. The van der Waals surface area contributed by atoms with Crippen molar-refractivity contribution in [3.8, 4) is 0 Å². The first-order chi connectivity index (χ1) is 10.8. The summed E-state index contributed by atoms with van der Waals surface area (Å²) in [6.07, 6.45) is 11.0. The van der Waals surface area contributed by atoms with Crippen molar-refractivity contribution >= 4 is 5.96 Å². The molecule has 1 unspecified atom stereocenters. The molecule has 0 bridgehead atoms. The predicted molar refractivity (Wildman–Crippen MR) is 93.3 cm³/mol. The third kappa shape index (κ3) is 6.15. The first-order valence-corrected chi connectivity index (χ1v) is 9.36. The van der Waals surface area contributed by atoms with Crippen LogP contribution in [0.15, 0.2) is 4.99 Å². The quantitative estimate of drug-likeness (QED) is 0.425. The largest absolute Gasteiger partial charge is 0.381 e. The Kier molecular flexibility index (Phi) is 8.06. The number of hydrogen-bond acceptors (Lipinski definition) is 2. The van der Waals surface area contributed by atoms with E-state index < -0.39 is 0 Å². The Bertz CT molecular complexity index is 320. The number of ether oxygens (including phenoxy) is 1. The van der Waals surface area contributed by atoms with Gasteiger partial charge in [-0.25, -0.2) is 0 Å². The lowest BCUT2D eigenvalue weighted by Crippen LogP contribution is -2.41. The zero-order valence-corrected chi connectivity index (χ0v) is 14.6. The van der Waals surface area contributed by atoms with E-state index in [-0.39, 0.29) is 0 Å². The zero-order chi connectivity index (χ0) is 15.6. The molecule has 0 spiro atoms. The van der Waals surface area contributed by atoms with Crippen molar-refractivity contribution in [2.75, 3.05) is 39.9 Å². The molecule has 1 atom stereocenters. The van der Waals surface area contributed by atoms with Crippen molar-refractivity contribution in [3.05, 3.63) is 0 Å². The fourth-order valence-corrected chi connectivity index (χ4v) is 3.70. The van der Waals surface area contributed by atoms with Crippen molar-refractivity contribution in [1.29, 1.82) is 0 Å². The Morgan fingerprint density at radius 1 is 1.18 bits per heavy atom. The van der Waals surface area contributed by atoms with Gasteiger partial charge in [0.2, 0.25) is 0 Å². The Labute approximate surface area is 136 Å². The molecular weight excluding hydrogens is 274 g/mol. The maximum Gasteiger partial charge on any atom is 0.193 e. The van der Waals surface area contributed by atoms with Crippen LogP contribution >= 0.6 is 0 Å². The lowest BCUT2D eigenvalue weighted by Gasteiger charge is -2.24. The summed E-state index contributed by atoms with van der Waals surface area (Å²) in [6, 6.07) is 0. The second kappa shape index (κ2) is 10.1. The van der Waals surface area contributed by atoms with Crippen molar-refractivity contribution in [2.45, 2.75) is 58.3 Å². The second-order valence-electron chi connectivity index (χ2n) is 6.99. The third-order valence-corrected chi connectivity index (χ3v) is 5.01. The summed E-state index contributed by atoms with van der Waals surface area (Å²) >= 11 is 0. The maximum atomic E-state index is 5.47. The second-order valence-corrected chi connectivity index (χ2v) is 6.99. The number of nitrogens with one attached hydrogen (secondary N) is 1.